The van der Waals surface area contributed by atoms with Crippen LogP contribution in [0, 0.1) is 12.8 Å². The zero-order valence-corrected chi connectivity index (χ0v) is 12.0. The number of hydrogen-bond donors (Lipinski definition) is 1. The van der Waals surface area contributed by atoms with Gasteiger partial charge in [-0.2, -0.15) is 5.10 Å². The molecule has 2 rings (SSSR count). The third-order valence-electron chi connectivity index (χ3n) is 3.82. The Morgan fingerprint density at radius 1 is 1.53 bits per heavy atom. The van der Waals surface area contributed by atoms with Crippen LogP contribution in [0.3, 0.4) is 0 Å². The molecule has 2 heterocycles. The smallest absolute Gasteiger partial charge is 0.239 e. The number of carbonyl (C=O) groups is 1. The summed E-state index contributed by atoms with van der Waals surface area (Å²) >= 11 is 0. The number of nitrogens with zero attached hydrogens (tertiary/aromatic N) is 3. The molecule has 1 aromatic heterocycles. The van der Waals surface area contributed by atoms with Crippen LogP contribution in [0.15, 0.2) is 12.4 Å². The van der Waals surface area contributed by atoms with Gasteiger partial charge in [0.1, 0.15) is 0 Å². The summed E-state index contributed by atoms with van der Waals surface area (Å²) in [4.78, 5) is 14.2. The Bertz CT molecular complexity index is 440. The number of hydrogen-bond acceptors (Lipinski definition) is 3. The second-order valence-corrected chi connectivity index (χ2v) is 5.85. The molecule has 0 aromatic carbocycles. The maximum Gasteiger partial charge on any atom is 0.239 e. The van der Waals surface area contributed by atoms with Crippen LogP contribution in [0.5, 0.6) is 0 Å². The van der Waals surface area contributed by atoms with E-state index in [0.29, 0.717) is 0 Å². The van der Waals surface area contributed by atoms with Gasteiger partial charge in [-0.05, 0) is 31.2 Å². The van der Waals surface area contributed by atoms with Crippen molar-refractivity contribution in [3.05, 3.63) is 18.0 Å². The van der Waals surface area contributed by atoms with Crippen molar-refractivity contribution >= 4 is 5.91 Å². The molecular formula is C14H24N4O. The summed E-state index contributed by atoms with van der Waals surface area (Å²) in [7, 11) is 0. The summed E-state index contributed by atoms with van der Waals surface area (Å²) < 4.78 is 1.98. The van der Waals surface area contributed by atoms with Crippen molar-refractivity contribution in [3.8, 4) is 0 Å². The highest BCUT2D eigenvalue weighted by Gasteiger charge is 2.29. The number of aromatic nitrogens is 2. The maximum atomic E-state index is 12.3. The third kappa shape index (κ3) is 3.15. The SMILES string of the molecule is Cc1cnn(C2CCCN(C(=O)[C@@H](N)C(C)C)C2)c1. The van der Waals surface area contributed by atoms with Gasteiger partial charge < -0.3 is 10.6 Å². The topological polar surface area (TPSA) is 64.2 Å². The monoisotopic (exact) mass is 264 g/mol. The molecule has 1 aliphatic rings. The van der Waals surface area contributed by atoms with Crippen molar-refractivity contribution in [3.63, 3.8) is 0 Å². The van der Waals surface area contributed by atoms with Crippen molar-refractivity contribution < 1.29 is 4.79 Å². The molecule has 1 amide bonds. The van der Waals surface area contributed by atoms with E-state index in [-0.39, 0.29) is 17.9 Å². The molecule has 19 heavy (non-hydrogen) atoms. The van der Waals surface area contributed by atoms with Crippen molar-refractivity contribution in [2.75, 3.05) is 13.1 Å². The summed E-state index contributed by atoms with van der Waals surface area (Å²) in [5, 5.41) is 4.36. The number of carbonyl (C=O) groups excluding carboxylic acids is 1. The minimum atomic E-state index is -0.391. The van der Waals surface area contributed by atoms with Gasteiger partial charge in [0, 0.05) is 19.3 Å². The van der Waals surface area contributed by atoms with Crippen LogP contribution in [0.4, 0.5) is 0 Å². The van der Waals surface area contributed by atoms with E-state index in [1.807, 2.05) is 42.7 Å². The molecule has 0 bridgehead atoms. The van der Waals surface area contributed by atoms with Gasteiger partial charge in [0.25, 0.3) is 0 Å². The summed E-state index contributed by atoms with van der Waals surface area (Å²) in [6.07, 6.45) is 5.99. The lowest BCUT2D eigenvalue weighted by molar-refractivity contribution is -0.135. The third-order valence-corrected chi connectivity index (χ3v) is 3.82. The van der Waals surface area contributed by atoms with Gasteiger partial charge >= 0.3 is 0 Å². The van der Waals surface area contributed by atoms with Crippen LogP contribution < -0.4 is 5.73 Å². The molecule has 0 radical (unpaired) electrons. The van der Waals surface area contributed by atoms with Crippen LogP contribution in [0.2, 0.25) is 0 Å². The Morgan fingerprint density at radius 2 is 2.26 bits per heavy atom. The van der Waals surface area contributed by atoms with Crippen LogP contribution in [0.1, 0.15) is 38.3 Å². The summed E-state index contributed by atoms with van der Waals surface area (Å²) in [6.45, 7) is 7.54. The average Bonchev–Trinajstić information content (AvgIpc) is 2.84. The molecule has 1 fully saturated rings. The van der Waals surface area contributed by atoms with Gasteiger partial charge in [0.05, 0.1) is 18.3 Å². The highest BCUT2D eigenvalue weighted by molar-refractivity contribution is 5.82. The number of nitrogens with two attached hydrogens (primary N) is 1. The molecule has 2 atom stereocenters. The first-order valence-corrected chi connectivity index (χ1v) is 7.04. The molecule has 106 valence electrons. The molecule has 1 aliphatic heterocycles. The van der Waals surface area contributed by atoms with Crippen LogP contribution >= 0.6 is 0 Å². The first-order valence-electron chi connectivity index (χ1n) is 7.04. The molecule has 0 saturated carbocycles. The lowest BCUT2D eigenvalue weighted by Gasteiger charge is -2.35. The maximum absolute atomic E-state index is 12.3. The van der Waals surface area contributed by atoms with E-state index in [4.69, 9.17) is 5.73 Å². The Morgan fingerprint density at radius 3 is 2.84 bits per heavy atom. The summed E-state index contributed by atoms with van der Waals surface area (Å²) in [6, 6.07) is -0.108. The molecule has 0 spiro atoms. The largest absolute Gasteiger partial charge is 0.339 e. The van der Waals surface area contributed by atoms with Crippen LogP contribution in [-0.2, 0) is 4.79 Å². The number of amides is 1. The van der Waals surface area contributed by atoms with E-state index in [2.05, 4.69) is 5.10 Å². The predicted molar refractivity (Wildman–Crippen MR) is 74.6 cm³/mol. The first kappa shape index (κ1) is 14.1. The quantitative estimate of drug-likeness (QED) is 0.896. The molecule has 2 N–H and O–H groups in total. The van der Waals surface area contributed by atoms with Crippen LogP contribution in [-0.4, -0.2) is 39.7 Å². The lowest BCUT2D eigenvalue weighted by Crippen LogP contribution is -2.50. The van der Waals surface area contributed by atoms with E-state index in [1.165, 1.54) is 0 Å². The zero-order valence-electron chi connectivity index (χ0n) is 12.0. The van der Waals surface area contributed by atoms with Crippen LogP contribution in [0.25, 0.3) is 0 Å². The minimum absolute atomic E-state index is 0.0728. The fraction of sp³-hybridized carbons (Fsp3) is 0.714. The van der Waals surface area contributed by atoms with Gasteiger partial charge in [-0.3, -0.25) is 9.48 Å². The summed E-state index contributed by atoms with van der Waals surface area (Å²) in [5.41, 5.74) is 7.12. The van der Waals surface area contributed by atoms with Gasteiger partial charge in [-0.15, -0.1) is 0 Å². The second kappa shape index (κ2) is 5.74. The van der Waals surface area contributed by atoms with Crippen molar-refractivity contribution in [2.45, 2.75) is 45.7 Å². The van der Waals surface area contributed by atoms with Gasteiger partial charge in [0.2, 0.25) is 5.91 Å². The Kier molecular flexibility index (Phi) is 4.24. The Hall–Kier alpha value is -1.36. The second-order valence-electron chi connectivity index (χ2n) is 5.85. The Balaban J connectivity index is 2.03. The van der Waals surface area contributed by atoms with Gasteiger partial charge in [-0.1, -0.05) is 13.8 Å². The average molecular weight is 264 g/mol. The highest BCUT2D eigenvalue weighted by Crippen LogP contribution is 2.22. The normalized spacial score (nSPS) is 21.7. The fourth-order valence-corrected chi connectivity index (χ4v) is 2.50. The first-order chi connectivity index (χ1) is 8.99. The standard InChI is InChI=1S/C14H24N4O/c1-10(2)13(15)14(19)17-6-4-5-12(9-17)18-8-11(3)7-16-18/h7-8,10,12-13H,4-6,9,15H2,1-3H3/t12?,13-/m0/s1. The van der Waals surface area contributed by atoms with E-state index >= 15 is 0 Å². The lowest BCUT2D eigenvalue weighted by atomic mass is 10.0. The number of likely N-dealkylation sites (tertiary alicyclic amines) is 1. The van der Waals surface area contributed by atoms with Crippen molar-refractivity contribution in [1.82, 2.24) is 14.7 Å². The molecule has 5 heteroatoms. The summed E-state index contributed by atoms with van der Waals surface area (Å²) in [5.74, 6) is 0.253. The highest BCUT2D eigenvalue weighted by atomic mass is 16.2. The Labute approximate surface area is 114 Å². The number of piperidine rings is 1. The van der Waals surface area contributed by atoms with Crippen molar-refractivity contribution in [2.24, 2.45) is 11.7 Å². The fourth-order valence-electron chi connectivity index (χ4n) is 2.50. The predicted octanol–water partition coefficient (Wildman–Crippen LogP) is 1.34. The molecule has 1 aromatic rings. The molecule has 1 saturated heterocycles. The number of rotatable bonds is 3. The minimum Gasteiger partial charge on any atom is -0.339 e. The number of aryl methyl sites for hydroxylation is 1. The van der Waals surface area contributed by atoms with Gasteiger partial charge in [0.15, 0.2) is 0 Å². The van der Waals surface area contributed by atoms with E-state index in [0.717, 1.165) is 31.5 Å². The van der Waals surface area contributed by atoms with E-state index in [1.54, 1.807) is 0 Å². The van der Waals surface area contributed by atoms with E-state index in [9.17, 15) is 4.79 Å². The van der Waals surface area contributed by atoms with Gasteiger partial charge in [-0.25, -0.2) is 0 Å². The van der Waals surface area contributed by atoms with Crippen molar-refractivity contribution in [1.29, 1.82) is 0 Å². The molecule has 1 unspecified atom stereocenters. The molecule has 0 aliphatic carbocycles. The molecule has 5 nitrogen and oxygen atoms in total. The van der Waals surface area contributed by atoms with E-state index < -0.39 is 6.04 Å². The zero-order chi connectivity index (χ0) is 14.0. The molecular weight excluding hydrogens is 240 g/mol.